The Kier molecular flexibility index (Phi) is 6.73. The van der Waals surface area contributed by atoms with Gasteiger partial charge in [-0.25, -0.2) is 17.5 Å². The van der Waals surface area contributed by atoms with Crippen molar-refractivity contribution < 1.29 is 17.9 Å². The zero-order valence-electron chi connectivity index (χ0n) is 14.4. The van der Waals surface area contributed by atoms with E-state index in [9.17, 15) is 13.2 Å². The van der Waals surface area contributed by atoms with E-state index in [0.717, 1.165) is 0 Å². The molecule has 0 heterocycles. The van der Waals surface area contributed by atoms with Gasteiger partial charge in [-0.1, -0.05) is 13.8 Å². The predicted molar refractivity (Wildman–Crippen MR) is 89.8 cm³/mol. The minimum atomic E-state index is -3.61. The number of methoxy groups -OCH3 is 1. The van der Waals surface area contributed by atoms with E-state index in [4.69, 9.17) is 5.73 Å². The third-order valence-electron chi connectivity index (χ3n) is 3.92. The second-order valence-corrected chi connectivity index (χ2v) is 8.01. The van der Waals surface area contributed by atoms with Crippen molar-refractivity contribution in [3.8, 4) is 0 Å². The smallest absolute Gasteiger partial charge is 0.337 e. The number of sulfonamides is 1. The predicted octanol–water partition coefficient (Wildman–Crippen LogP) is 1.78. The maximum Gasteiger partial charge on any atom is 0.337 e. The molecule has 0 bridgehead atoms. The highest BCUT2D eigenvalue weighted by Gasteiger charge is 2.24. The molecule has 0 aliphatic carbocycles. The lowest BCUT2D eigenvalue weighted by molar-refractivity contribution is 0.0600. The fourth-order valence-corrected chi connectivity index (χ4v) is 3.52. The standard InChI is InChI=1S/C16H26N2O4S/c1-11(2)14(17)8-9-18(4)23(20,21)15-7-6-13(10-12(15)3)16(19)22-5/h6-7,10-11,14H,8-9,17H2,1-5H3. The molecule has 0 fully saturated rings. The summed E-state index contributed by atoms with van der Waals surface area (Å²) in [6, 6.07) is 4.37. The summed E-state index contributed by atoms with van der Waals surface area (Å²) in [4.78, 5) is 11.7. The lowest BCUT2D eigenvalue weighted by Gasteiger charge is -2.22. The Morgan fingerprint density at radius 3 is 2.43 bits per heavy atom. The molecular weight excluding hydrogens is 316 g/mol. The fraction of sp³-hybridized carbons (Fsp3) is 0.562. The van der Waals surface area contributed by atoms with E-state index in [1.807, 2.05) is 13.8 Å². The Balaban J connectivity index is 2.97. The van der Waals surface area contributed by atoms with Gasteiger partial charge in [0.15, 0.2) is 0 Å². The van der Waals surface area contributed by atoms with Gasteiger partial charge < -0.3 is 10.5 Å². The van der Waals surface area contributed by atoms with E-state index in [-0.39, 0.29) is 10.9 Å². The zero-order valence-corrected chi connectivity index (χ0v) is 15.2. The minimum Gasteiger partial charge on any atom is -0.465 e. The zero-order chi connectivity index (χ0) is 17.8. The van der Waals surface area contributed by atoms with E-state index in [1.54, 1.807) is 6.92 Å². The van der Waals surface area contributed by atoms with Gasteiger partial charge in [-0.05, 0) is 43.0 Å². The average molecular weight is 342 g/mol. The molecular formula is C16H26N2O4S. The summed E-state index contributed by atoms with van der Waals surface area (Å²) in [7, 11) is -0.791. The van der Waals surface area contributed by atoms with Crippen molar-refractivity contribution in [3.05, 3.63) is 29.3 Å². The first kappa shape index (κ1) is 19.6. The van der Waals surface area contributed by atoms with E-state index in [0.29, 0.717) is 30.0 Å². The quantitative estimate of drug-likeness (QED) is 0.763. The van der Waals surface area contributed by atoms with Crippen molar-refractivity contribution in [2.24, 2.45) is 11.7 Å². The van der Waals surface area contributed by atoms with Crippen LogP contribution in [0.3, 0.4) is 0 Å². The van der Waals surface area contributed by atoms with Crippen molar-refractivity contribution in [2.75, 3.05) is 20.7 Å². The maximum atomic E-state index is 12.7. The van der Waals surface area contributed by atoms with Crippen LogP contribution in [-0.2, 0) is 14.8 Å². The van der Waals surface area contributed by atoms with Crippen molar-refractivity contribution in [1.29, 1.82) is 0 Å². The first-order valence-electron chi connectivity index (χ1n) is 7.52. The summed E-state index contributed by atoms with van der Waals surface area (Å²) in [5, 5.41) is 0. The Morgan fingerprint density at radius 2 is 1.96 bits per heavy atom. The van der Waals surface area contributed by atoms with Gasteiger partial charge in [0.05, 0.1) is 17.6 Å². The van der Waals surface area contributed by atoms with Crippen LogP contribution < -0.4 is 5.73 Å². The number of nitrogens with two attached hydrogens (primary N) is 1. The van der Waals surface area contributed by atoms with Crippen molar-refractivity contribution in [2.45, 2.75) is 38.1 Å². The van der Waals surface area contributed by atoms with Gasteiger partial charge in [-0.15, -0.1) is 0 Å². The first-order valence-corrected chi connectivity index (χ1v) is 8.96. The third kappa shape index (κ3) is 4.76. The van der Waals surface area contributed by atoms with Crippen LogP contribution >= 0.6 is 0 Å². The summed E-state index contributed by atoms with van der Waals surface area (Å²) in [6.07, 6.45) is 0.590. The van der Waals surface area contributed by atoms with E-state index >= 15 is 0 Å². The highest BCUT2D eigenvalue weighted by molar-refractivity contribution is 7.89. The lowest BCUT2D eigenvalue weighted by Crippen LogP contribution is -2.34. The normalized spacial score (nSPS) is 13.4. The first-order chi connectivity index (χ1) is 10.6. The second kappa shape index (κ2) is 7.90. The van der Waals surface area contributed by atoms with Gasteiger partial charge in [0.2, 0.25) is 10.0 Å². The van der Waals surface area contributed by atoms with Gasteiger partial charge in [0.1, 0.15) is 0 Å². The third-order valence-corrected chi connectivity index (χ3v) is 5.93. The molecule has 1 rings (SSSR count). The molecule has 1 aromatic carbocycles. The summed E-state index contributed by atoms with van der Waals surface area (Å²) < 4.78 is 31.2. The molecule has 0 aliphatic heterocycles. The SMILES string of the molecule is COC(=O)c1ccc(S(=O)(=O)N(C)CCC(N)C(C)C)c(C)c1. The van der Waals surface area contributed by atoms with E-state index in [2.05, 4.69) is 4.74 Å². The Bertz CT molecular complexity index is 656. The highest BCUT2D eigenvalue weighted by atomic mass is 32.2. The number of esters is 1. The van der Waals surface area contributed by atoms with Crippen LogP contribution in [-0.4, -0.2) is 45.4 Å². The molecule has 2 N–H and O–H groups in total. The van der Waals surface area contributed by atoms with Crippen LogP contribution in [0.15, 0.2) is 23.1 Å². The number of rotatable bonds is 7. The number of aryl methyl sites for hydroxylation is 1. The van der Waals surface area contributed by atoms with Crippen LogP contribution in [0.1, 0.15) is 36.2 Å². The van der Waals surface area contributed by atoms with Crippen molar-refractivity contribution >= 4 is 16.0 Å². The van der Waals surface area contributed by atoms with Crippen LogP contribution in [0, 0.1) is 12.8 Å². The lowest BCUT2D eigenvalue weighted by atomic mass is 10.0. The number of nitrogens with zero attached hydrogens (tertiary/aromatic N) is 1. The van der Waals surface area contributed by atoms with E-state index in [1.165, 1.54) is 36.7 Å². The van der Waals surface area contributed by atoms with E-state index < -0.39 is 16.0 Å². The molecule has 0 saturated carbocycles. The summed E-state index contributed by atoms with van der Waals surface area (Å²) in [5.74, 6) is -0.194. The average Bonchev–Trinajstić information content (AvgIpc) is 2.50. The molecule has 0 radical (unpaired) electrons. The van der Waals surface area contributed by atoms with Gasteiger partial charge in [0.25, 0.3) is 0 Å². The van der Waals surface area contributed by atoms with Crippen LogP contribution in [0.25, 0.3) is 0 Å². The monoisotopic (exact) mass is 342 g/mol. The molecule has 1 aromatic rings. The second-order valence-electron chi connectivity index (χ2n) is 5.99. The van der Waals surface area contributed by atoms with Crippen molar-refractivity contribution in [1.82, 2.24) is 4.31 Å². The Labute approximate surface area is 138 Å². The van der Waals surface area contributed by atoms with Gasteiger partial charge in [0, 0.05) is 19.6 Å². The molecule has 1 unspecified atom stereocenters. The number of ether oxygens (including phenoxy) is 1. The van der Waals surface area contributed by atoms with Crippen LogP contribution in [0.4, 0.5) is 0 Å². The minimum absolute atomic E-state index is 0.0459. The molecule has 1 atom stereocenters. The van der Waals surface area contributed by atoms with Crippen molar-refractivity contribution in [3.63, 3.8) is 0 Å². The molecule has 6 nitrogen and oxygen atoms in total. The van der Waals surface area contributed by atoms with Gasteiger partial charge in [-0.2, -0.15) is 0 Å². The maximum absolute atomic E-state index is 12.7. The summed E-state index contributed by atoms with van der Waals surface area (Å²) in [5.41, 5.74) is 6.81. The Hall–Kier alpha value is -1.44. The van der Waals surface area contributed by atoms with Crippen LogP contribution in [0.2, 0.25) is 0 Å². The largest absolute Gasteiger partial charge is 0.465 e. The molecule has 0 amide bonds. The highest BCUT2D eigenvalue weighted by Crippen LogP contribution is 2.21. The molecule has 0 aliphatic rings. The number of carbonyl (C=O) groups excluding carboxylic acids is 1. The fourth-order valence-electron chi connectivity index (χ4n) is 2.14. The van der Waals surface area contributed by atoms with Gasteiger partial charge >= 0.3 is 5.97 Å². The molecule has 7 heteroatoms. The Morgan fingerprint density at radius 1 is 1.35 bits per heavy atom. The molecule has 0 saturated heterocycles. The number of hydrogen-bond donors (Lipinski definition) is 1. The number of hydrogen-bond acceptors (Lipinski definition) is 5. The number of benzene rings is 1. The molecule has 23 heavy (non-hydrogen) atoms. The number of carbonyl (C=O) groups is 1. The molecule has 0 aromatic heterocycles. The molecule has 0 spiro atoms. The van der Waals surface area contributed by atoms with Crippen LogP contribution in [0.5, 0.6) is 0 Å². The summed E-state index contributed by atoms with van der Waals surface area (Å²) >= 11 is 0. The van der Waals surface area contributed by atoms with Gasteiger partial charge in [-0.3, -0.25) is 0 Å². The summed E-state index contributed by atoms with van der Waals surface area (Å²) in [6.45, 7) is 6.02. The molecule has 130 valence electrons. The topological polar surface area (TPSA) is 89.7 Å².